The van der Waals surface area contributed by atoms with Crippen molar-refractivity contribution in [1.82, 2.24) is 10.3 Å². The number of nitrogens with zero attached hydrogens (tertiary/aromatic N) is 2. The van der Waals surface area contributed by atoms with Gasteiger partial charge in [-0.1, -0.05) is 29.9 Å². The Labute approximate surface area is 120 Å². The monoisotopic (exact) mass is 299 g/mol. The molecule has 1 N–H and O–H groups in total. The molecular weight excluding hydrogens is 285 g/mol. The first-order valence-corrected chi connectivity index (χ1v) is 7.61. The van der Waals surface area contributed by atoms with E-state index in [-0.39, 0.29) is 5.02 Å². The zero-order valence-corrected chi connectivity index (χ0v) is 12.2. The molecule has 0 bridgehead atoms. The Kier molecular flexibility index (Phi) is 3.60. The fourth-order valence-electron chi connectivity index (χ4n) is 2.41. The maximum Gasteiger partial charge on any atom is 0.186 e. The van der Waals surface area contributed by atoms with Gasteiger partial charge >= 0.3 is 0 Å². The van der Waals surface area contributed by atoms with Gasteiger partial charge < -0.3 is 10.2 Å². The van der Waals surface area contributed by atoms with Crippen molar-refractivity contribution in [2.45, 2.75) is 19.4 Å². The van der Waals surface area contributed by atoms with Gasteiger partial charge in [0.25, 0.3) is 0 Å². The first kappa shape index (κ1) is 13.1. The number of aromatic nitrogens is 1. The molecule has 0 amide bonds. The molecule has 2 aromatic rings. The highest BCUT2D eigenvalue weighted by molar-refractivity contribution is 7.22. The molecule has 19 heavy (non-hydrogen) atoms. The van der Waals surface area contributed by atoms with Gasteiger partial charge in [0, 0.05) is 31.7 Å². The summed E-state index contributed by atoms with van der Waals surface area (Å²) >= 11 is 7.40. The van der Waals surface area contributed by atoms with Crippen LogP contribution in [0.5, 0.6) is 0 Å². The third kappa shape index (κ3) is 2.42. The lowest BCUT2D eigenvalue weighted by atomic mass is 10.1. The first-order chi connectivity index (χ1) is 9.19. The molecule has 1 aromatic heterocycles. The summed E-state index contributed by atoms with van der Waals surface area (Å²) in [6.45, 7) is 5.05. The second-order valence-electron chi connectivity index (χ2n) is 4.69. The fourth-order valence-corrected chi connectivity index (χ4v) is 3.72. The van der Waals surface area contributed by atoms with Crippen LogP contribution in [0.1, 0.15) is 13.3 Å². The van der Waals surface area contributed by atoms with Gasteiger partial charge in [0.1, 0.15) is 5.82 Å². The van der Waals surface area contributed by atoms with E-state index < -0.39 is 5.82 Å². The predicted octanol–water partition coefficient (Wildman–Crippen LogP) is 3.28. The Morgan fingerprint density at radius 3 is 3.21 bits per heavy atom. The minimum atomic E-state index is -0.404. The van der Waals surface area contributed by atoms with Crippen LogP contribution >= 0.6 is 22.9 Å². The lowest BCUT2D eigenvalue weighted by Crippen LogP contribution is -2.51. The maximum absolute atomic E-state index is 13.5. The topological polar surface area (TPSA) is 28.2 Å². The second-order valence-corrected chi connectivity index (χ2v) is 6.11. The second kappa shape index (κ2) is 5.23. The highest BCUT2D eigenvalue weighted by Gasteiger charge is 2.23. The van der Waals surface area contributed by atoms with E-state index in [1.807, 2.05) is 0 Å². The number of hydrogen-bond acceptors (Lipinski definition) is 4. The van der Waals surface area contributed by atoms with Crippen molar-refractivity contribution in [1.29, 1.82) is 0 Å². The third-order valence-corrected chi connectivity index (χ3v) is 4.83. The van der Waals surface area contributed by atoms with Gasteiger partial charge in [0.05, 0.1) is 15.2 Å². The van der Waals surface area contributed by atoms with Crippen LogP contribution in [-0.2, 0) is 0 Å². The molecule has 0 aliphatic carbocycles. The first-order valence-electron chi connectivity index (χ1n) is 6.42. The van der Waals surface area contributed by atoms with E-state index in [0.717, 1.165) is 35.9 Å². The Balaban J connectivity index is 2.00. The predicted molar refractivity (Wildman–Crippen MR) is 78.9 cm³/mol. The molecule has 2 heterocycles. The number of thiazole rings is 1. The van der Waals surface area contributed by atoms with Crippen molar-refractivity contribution in [3.63, 3.8) is 0 Å². The molecule has 3 nitrogen and oxygen atoms in total. The van der Waals surface area contributed by atoms with Gasteiger partial charge in [0.15, 0.2) is 5.13 Å². The van der Waals surface area contributed by atoms with Gasteiger partial charge in [-0.15, -0.1) is 0 Å². The van der Waals surface area contributed by atoms with Gasteiger partial charge in [-0.2, -0.15) is 0 Å². The summed E-state index contributed by atoms with van der Waals surface area (Å²) in [5.74, 6) is -0.404. The molecular formula is C13H15ClFN3S. The SMILES string of the molecule is CC[C@H]1CNCCN1c1nc2cc(F)c(Cl)cc2s1. The van der Waals surface area contributed by atoms with E-state index in [2.05, 4.69) is 22.1 Å². The molecule has 102 valence electrons. The molecule has 1 aromatic carbocycles. The lowest BCUT2D eigenvalue weighted by Gasteiger charge is -2.35. The molecule has 0 spiro atoms. The minimum Gasteiger partial charge on any atom is -0.343 e. The number of anilines is 1. The Hall–Kier alpha value is -0.910. The van der Waals surface area contributed by atoms with Gasteiger partial charge in [0.2, 0.25) is 0 Å². The van der Waals surface area contributed by atoms with Crippen LogP contribution in [0, 0.1) is 5.82 Å². The molecule has 0 radical (unpaired) electrons. The average molecular weight is 300 g/mol. The third-order valence-electron chi connectivity index (χ3n) is 3.49. The minimum absolute atomic E-state index is 0.162. The van der Waals surface area contributed by atoms with E-state index >= 15 is 0 Å². The summed E-state index contributed by atoms with van der Waals surface area (Å²) in [5, 5.41) is 4.52. The normalized spacial score (nSPS) is 20.2. The quantitative estimate of drug-likeness (QED) is 0.922. The lowest BCUT2D eigenvalue weighted by molar-refractivity contribution is 0.466. The van der Waals surface area contributed by atoms with E-state index in [1.54, 1.807) is 17.4 Å². The van der Waals surface area contributed by atoms with E-state index in [4.69, 9.17) is 11.6 Å². The molecule has 1 aliphatic heterocycles. The van der Waals surface area contributed by atoms with Crippen LogP contribution < -0.4 is 10.2 Å². The van der Waals surface area contributed by atoms with Crippen LogP contribution in [0.3, 0.4) is 0 Å². The molecule has 0 saturated carbocycles. The molecule has 1 saturated heterocycles. The number of hydrogen-bond donors (Lipinski definition) is 1. The Morgan fingerprint density at radius 1 is 1.58 bits per heavy atom. The molecule has 6 heteroatoms. The van der Waals surface area contributed by atoms with E-state index in [9.17, 15) is 4.39 Å². The van der Waals surface area contributed by atoms with Crippen LogP contribution in [-0.4, -0.2) is 30.7 Å². The standard InChI is InChI=1S/C13H15ClFN3S/c1-2-8-7-16-3-4-18(8)13-17-11-6-10(15)9(14)5-12(11)19-13/h5-6,8,16H,2-4,7H2,1H3/t8-/m0/s1. The molecule has 1 fully saturated rings. The van der Waals surface area contributed by atoms with E-state index in [0.29, 0.717) is 11.6 Å². The van der Waals surface area contributed by atoms with Gasteiger partial charge in [-0.3, -0.25) is 0 Å². The number of piperazine rings is 1. The summed E-state index contributed by atoms with van der Waals surface area (Å²) < 4.78 is 14.4. The summed E-state index contributed by atoms with van der Waals surface area (Å²) in [5.41, 5.74) is 0.690. The smallest absolute Gasteiger partial charge is 0.186 e. The number of fused-ring (bicyclic) bond motifs is 1. The van der Waals surface area contributed by atoms with Crippen LogP contribution in [0.15, 0.2) is 12.1 Å². The summed E-state index contributed by atoms with van der Waals surface area (Å²) in [7, 11) is 0. The fraction of sp³-hybridized carbons (Fsp3) is 0.462. The highest BCUT2D eigenvalue weighted by Crippen LogP contribution is 2.33. The summed E-state index contributed by atoms with van der Waals surface area (Å²) in [6, 6.07) is 3.53. The number of rotatable bonds is 2. The van der Waals surface area contributed by atoms with E-state index in [1.165, 1.54) is 6.07 Å². The van der Waals surface area contributed by atoms with Gasteiger partial charge in [-0.05, 0) is 12.5 Å². The largest absolute Gasteiger partial charge is 0.343 e. The van der Waals surface area contributed by atoms with Crippen LogP contribution in [0.4, 0.5) is 9.52 Å². The van der Waals surface area contributed by atoms with Crippen molar-refractivity contribution in [3.05, 3.63) is 23.0 Å². The summed E-state index contributed by atoms with van der Waals surface area (Å²) in [4.78, 5) is 6.87. The summed E-state index contributed by atoms with van der Waals surface area (Å²) in [6.07, 6.45) is 1.07. The molecule has 1 atom stereocenters. The van der Waals surface area contributed by atoms with Crippen molar-refractivity contribution in [3.8, 4) is 0 Å². The Morgan fingerprint density at radius 2 is 2.42 bits per heavy atom. The van der Waals surface area contributed by atoms with Crippen molar-refractivity contribution < 1.29 is 4.39 Å². The zero-order chi connectivity index (χ0) is 13.4. The Bertz CT molecular complexity index is 562. The number of nitrogens with one attached hydrogen (secondary N) is 1. The van der Waals surface area contributed by atoms with Crippen molar-refractivity contribution in [2.75, 3.05) is 24.5 Å². The number of benzene rings is 1. The van der Waals surface area contributed by atoms with Crippen molar-refractivity contribution in [2.24, 2.45) is 0 Å². The van der Waals surface area contributed by atoms with Crippen molar-refractivity contribution >= 4 is 38.3 Å². The maximum atomic E-state index is 13.5. The number of halogens is 2. The highest BCUT2D eigenvalue weighted by atomic mass is 35.5. The van der Waals surface area contributed by atoms with Gasteiger partial charge in [-0.25, -0.2) is 9.37 Å². The van der Waals surface area contributed by atoms with Crippen LogP contribution in [0.2, 0.25) is 5.02 Å². The molecule has 1 aliphatic rings. The zero-order valence-electron chi connectivity index (χ0n) is 10.6. The molecule has 0 unspecified atom stereocenters. The average Bonchev–Trinajstić information content (AvgIpc) is 2.82. The van der Waals surface area contributed by atoms with Crippen LogP contribution in [0.25, 0.3) is 10.2 Å². The molecule has 3 rings (SSSR count).